The van der Waals surface area contributed by atoms with E-state index >= 15 is 0 Å². The van der Waals surface area contributed by atoms with Crippen molar-refractivity contribution in [2.45, 2.75) is 38.6 Å². The minimum absolute atomic E-state index is 0.154. The minimum atomic E-state index is 0.154. The summed E-state index contributed by atoms with van der Waals surface area (Å²) in [7, 11) is 0. The number of carbonyl (C=O) groups excluding carboxylic acids is 1. The maximum absolute atomic E-state index is 12.8. The van der Waals surface area contributed by atoms with Crippen molar-refractivity contribution in [3.63, 3.8) is 0 Å². The highest BCUT2D eigenvalue weighted by Crippen LogP contribution is 2.27. The molecule has 1 amide bonds. The number of anilines is 1. The van der Waals surface area contributed by atoms with Crippen LogP contribution in [0, 0.1) is 0 Å². The number of hydrogen-bond donors (Lipinski definition) is 0. The topological polar surface area (TPSA) is 39.7 Å². The van der Waals surface area contributed by atoms with E-state index in [1.165, 1.54) is 5.56 Å². The van der Waals surface area contributed by atoms with Crippen molar-refractivity contribution in [3.05, 3.63) is 59.8 Å². The molecule has 2 aliphatic rings. The molecule has 0 aliphatic carbocycles. The van der Waals surface area contributed by atoms with Crippen LogP contribution < -0.4 is 4.90 Å². The Hall–Kier alpha value is -2.40. The van der Waals surface area contributed by atoms with Gasteiger partial charge < -0.3 is 9.80 Å². The average molecular weight is 393 g/mol. The molecule has 0 N–H and O–H groups in total. The molecule has 3 heterocycles. The van der Waals surface area contributed by atoms with Gasteiger partial charge in [0, 0.05) is 57.1 Å². The molecule has 5 heteroatoms. The lowest BCUT2D eigenvalue weighted by atomic mass is 9.82. The predicted molar refractivity (Wildman–Crippen MR) is 117 cm³/mol. The van der Waals surface area contributed by atoms with E-state index in [9.17, 15) is 4.79 Å². The van der Waals surface area contributed by atoms with Gasteiger partial charge in [-0.05, 0) is 41.7 Å². The van der Waals surface area contributed by atoms with Gasteiger partial charge in [0.25, 0.3) is 5.91 Å². The molecule has 2 aromatic rings. The Labute approximate surface area is 174 Å². The largest absolute Gasteiger partial charge is 0.354 e. The van der Waals surface area contributed by atoms with Gasteiger partial charge in [0.15, 0.2) is 0 Å². The molecule has 1 aromatic heterocycles. The average Bonchev–Trinajstić information content (AvgIpc) is 2.74. The number of nitrogens with zero attached hydrogens (tertiary/aromatic N) is 4. The number of piperazine rings is 1. The van der Waals surface area contributed by atoms with Gasteiger partial charge in [0.05, 0.1) is 0 Å². The molecular weight excluding hydrogens is 360 g/mol. The third-order valence-electron chi connectivity index (χ3n) is 6.75. The molecule has 0 unspecified atom stereocenters. The zero-order valence-electron chi connectivity index (χ0n) is 17.8. The standard InChI is InChI=1S/C24H32N4O/c1-4-24(2,3)20-10-8-19(9-11-20)23(29)28-17-21(18-28)26-13-15-27(16-14-26)22-7-5-6-12-25-22/h5-12,21H,4,13-18H2,1-3H3. The lowest BCUT2D eigenvalue weighted by Crippen LogP contribution is -2.64. The van der Waals surface area contributed by atoms with Crippen LogP contribution in [0.4, 0.5) is 5.82 Å². The van der Waals surface area contributed by atoms with Gasteiger partial charge in [-0.25, -0.2) is 4.98 Å². The smallest absolute Gasteiger partial charge is 0.253 e. The fraction of sp³-hybridized carbons (Fsp3) is 0.500. The Kier molecular flexibility index (Phi) is 5.59. The molecule has 154 valence electrons. The number of carbonyl (C=O) groups is 1. The minimum Gasteiger partial charge on any atom is -0.354 e. The Bertz CT molecular complexity index is 820. The normalized spacial score (nSPS) is 18.6. The van der Waals surface area contributed by atoms with Gasteiger partial charge >= 0.3 is 0 Å². The summed E-state index contributed by atoms with van der Waals surface area (Å²) in [5.74, 6) is 1.22. The highest BCUT2D eigenvalue weighted by atomic mass is 16.2. The second-order valence-corrected chi connectivity index (χ2v) is 8.89. The highest BCUT2D eigenvalue weighted by Gasteiger charge is 2.36. The summed E-state index contributed by atoms with van der Waals surface area (Å²) in [6.45, 7) is 12.4. The summed E-state index contributed by atoms with van der Waals surface area (Å²) in [6, 6.07) is 14.8. The van der Waals surface area contributed by atoms with Crippen molar-refractivity contribution in [1.29, 1.82) is 0 Å². The van der Waals surface area contributed by atoms with Crippen molar-refractivity contribution in [3.8, 4) is 0 Å². The van der Waals surface area contributed by atoms with Crippen molar-refractivity contribution in [1.82, 2.24) is 14.8 Å². The van der Waals surface area contributed by atoms with Crippen molar-refractivity contribution in [2.24, 2.45) is 0 Å². The van der Waals surface area contributed by atoms with Gasteiger partial charge in [-0.1, -0.05) is 39.0 Å². The van der Waals surface area contributed by atoms with E-state index in [4.69, 9.17) is 0 Å². The van der Waals surface area contributed by atoms with Crippen LogP contribution in [-0.4, -0.2) is 66.0 Å². The van der Waals surface area contributed by atoms with Crippen LogP contribution in [-0.2, 0) is 5.41 Å². The number of amides is 1. The number of aromatic nitrogens is 1. The lowest BCUT2D eigenvalue weighted by molar-refractivity contribution is 0.0246. The number of likely N-dealkylation sites (tertiary alicyclic amines) is 1. The summed E-state index contributed by atoms with van der Waals surface area (Å²) in [5.41, 5.74) is 2.25. The summed E-state index contributed by atoms with van der Waals surface area (Å²) < 4.78 is 0. The van der Waals surface area contributed by atoms with Crippen LogP contribution in [0.5, 0.6) is 0 Å². The second kappa shape index (κ2) is 8.15. The van der Waals surface area contributed by atoms with Gasteiger partial charge in [0.1, 0.15) is 5.82 Å². The molecule has 4 rings (SSSR count). The molecule has 2 saturated heterocycles. The molecule has 0 saturated carbocycles. The summed E-state index contributed by atoms with van der Waals surface area (Å²) in [4.78, 5) is 24.1. The van der Waals surface area contributed by atoms with Crippen molar-refractivity contribution >= 4 is 11.7 Å². The van der Waals surface area contributed by atoms with Crippen LogP contribution in [0.25, 0.3) is 0 Å². The van der Waals surface area contributed by atoms with Crippen LogP contribution in [0.15, 0.2) is 48.7 Å². The van der Waals surface area contributed by atoms with Gasteiger partial charge in [-0.15, -0.1) is 0 Å². The highest BCUT2D eigenvalue weighted by molar-refractivity contribution is 5.94. The Morgan fingerprint density at radius 1 is 1.03 bits per heavy atom. The molecule has 29 heavy (non-hydrogen) atoms. The Morgan fingerprint density at radius 3 is 2.31 bits per heavy atom. The van der Waals surface area contributed by atoms with Crippen LogP contribution in [0.3, 0.4) is 0 Å². The summed E-state index contributed by atoms with van der Waals surface area (Å²) in [6.07, 6.45) is 2.94. The maximum Gasteiger partial charge on any atom is 0.253 e. The maximum atomic E-state index is 12.8. The van der Waals surface area contributed by atoms with Crippen molar-refractivity contribution in [2.75, 3.05) is 44.2 Å². The van der Waals surface area contributed by atoms with Crippen LogP contribution >= 0.6 is 0 Å². The third-order valence-corrected chi connectivity index (χ3v) is 6.75. The van der Waals surface area contributed by atoms with E-state index in [1.54, 1.807) is 0 Å². The first kappa shape index (κ1) is 19.9. The van der Waals surface area contributed by atoms with E-state index in [1.807, 2.05) is 35.4 Å². The monoisotopic (exact) mass is 392 g/mol. The van der Waals surface area contributed by atoms with E-state index in [2.05, 4.69) is 53.8 Å². The second-order valence-electron chi connectivity index (χ2n) is 8.89. The molecule has 0 spiro atoms. The number of pyridine rings is 1. The molecule has 0 bridgehead atoms. The third kappa shape index (κ3) is 4.15. The summed E-state index contributed by atoms with van der Waals surface area (Å²) in [5, 5.41) is 0. The predicted octanol–water partition coefficient (Wildman–Crippen LogP) is 3.42. The first-order valence-electron chi connectivity index (χ1n) is 10.8. The fourth-order valence-corrected chi connectivity index (χ4v) is 4.16. The molecule has 5 nitrogen and oxygen atoms in total. The van der Waals surface area contributed by atoms with E-state index in [-0.39, 0.29) is 11.3 Å². The Balaban J connectivity index is 1.27. The van der Waals surface area contributed by atoms with Crippen molar-refractivity contribution < 1.29 is 4.79 Å². The molecule has 0 atom stereocenters. The molecule has 0 radical (unpaired) electrons. The van der Waals surface area contributed by atoms with E-state index < -0.39 is 0 Å². The number of hydrogen-bond acceptors (Lipinski definition) is 4. The van der Waals surface area contributed by atoms with E-state index in [0.29, 0.717) is 6.04 Å². The first-order chi connectivity index (χ1) is 14.0. The molecule has 1 aromatic carbocycles. The van der Waals surface area contributed by atoms with Crippen LogP contribution in [0.1, 0.15) is 43.1 Å². The Morgan fingerprint density at radius 2 is 1.72 bits per heavy atom. The molecule has 2 fully saturated rings. The lowest BCUT2D eigenvalue weighted by Gasteiger charge is -2.48. The SMILES string of the molecule is CCC(C)(C)c1ccc(C(=O)N2CC(N3CCN(c4ccccn4)CC3)C2)cc1. The van der Waals surface area contributed by atoms with Gasteiger partial charge in [-0.2, -0.15) is 0 Å². The number of rotatable bonds is 5. The number of benzene rings is 1. The van der Waals surface area contributed by atoms with Gasteiger partial charge in [0.2, 0.25) is 0 Å². The van der Waals surface area contributed by atoms with Gasteiger partial charge in [-0.3, -0.25) is 9.69 Å². The zero-order valence-corrected chi connectivity index (χ0v) is 17.8. The first-order valence-corrected chi connectivity index (χ1v) is 10.8. The van der Waals surface area contributed by atoms with E-state index in [0.717, 1.165) is 57.1 Å². The summed E-state index contributed by atoms with van der Waals surface area (Å²) >= 11 is 0. The molecule has 2 aliphatic heterocycles. The fourth-order valence-electron chi connectivity index (χ4n) is 4.16. The zero-order chi connectivity index (χ0) is 20.4. The quantitative estimate of drug-likeness (QED) is 0.782. The van der Waals surface area contributed by atoms with Crippen LogP contribution in [0.2, 0.25) is 0 Å². The molecular formula is C24H32N4O.